The van der Waals surface area contributed by atoms with Gasteiger partial charge in [-0.1, -0.05) is 213 Å². The molecule has 0 aromatic heterocycles. The molecule has 0 heterocycles. The molecule has 0 aliphatic heterocycles. The zero-order valence-electron chi connectivity index (χ0n) is 31.8. The molecular formula is C42H82O5. The van der Waals surface area contributed by atoms with Gasteiger partial charge in [0.2, 0.25) is 0 Å². The van der Waals surface area contributed by atoms with E-state index in [1.165, 1.54) is 173 Å². The lowest BCUT2D eigenvalue weighted by molar-refractivity contribution is -0.161. The molecule has 0 aromatic rings. The minimum absolute atomic E-state index is 0.0573. The quantitative estimate of drug-likeness (QED) is 0.0522. The Morgan fingerprint density at radius 2 is 0.660 bits per heavy atom. The summed E-state index contributed by atoms with van der Waals surface area (Å²) < 4.78 is 10.6. The highest BCUT2D eigenvalue weighted by molar-refractivity contribution is 5.70. The lowest BCUT2D eigenvalue weighted by atomic mass is 10.0. The van der Waals surface area contributed by atoms with Crippen molar-refractivity contribution < 1.29 is 24.2 Å². The Morgan fingerprint density at radius 1 is 0.404 bits per heavy atom. The minimum Gasteiger partial charge on any atom is -0.462 e. The van der Waals surface area contributed by atoms with Crippen molar-refractivity contribution in [1.29, 1.82) is 0 Å². The number of ether oxygens (including phenoxy) is 2. The van der Waals surface area contributed by atoms with Crippen molar-refractivity contribution in [2.45, 2.75) is 245 Å². The third-order valence-corrected chi connectivity index (χ3v) is 9.65. The molecule has 0 aromatic carbocycles. The van der Waals surface area contributed by atoms with E-state index in [-0.39, 0.29) is 25.2 Å². The van der Waals surface area contributed by atoms with Gasteiger partial charge in [0, 0.05) is 12.8 Å². The van der Waals surface area contributed by atoms with Crippen LogP contribution in [0.1, 0.15) is 239 Å². The summed E-state index contributed by atoms with van der Waals surface area (Å²) in [6.45, 7) is 4.15. The maximum absolute atomic E-state index is 12.2. The van der Waals surface area contributed by atoms with Crippen LogP contribution in [0.3, 0.4) is 0 Å². The van der Waals surface area contributed by atoms with Crippen LogP contribution in [0.4, 0.5) is 0 Å². The summed E-state index contributed by atoms with van der Waals surface area (Å²) in [6.07, 6.45) is 43.3. The summed E-state index contributed by atoms with van der Waals surface area (Å²) in [5.74, 6) is -0.577. The van der Waals surface area contributed by atoms with Crippen LogP contribution in [-0.4, -0.2) is 36.4 Å². The molecule has 0 bridgehead atoms. The van der Waals surface area contributed by atoms with Crippen LogP contribution in [-0.2, 0) is 19.1 Å². The summed E-state index contributed by atoms with van der Waals surface area (Å²) in [6, 6.07) is 0. The molecule has 0 amide bonds. The summed E-state index contributed by atoms with van der Waals surface area (Å²) in [5.41, 5.74) is 0. The molecule has 0 saturated carbocycles. The standard InChI is InChI=1S/C42H82O5/c1-3-5-7-9-11-13-15-16-17-18-19-20-21-22-23-24-25-26-27-29-31-33-35-37-42(45)47-40(38-43)39-46-41(44)36-34-32-30-28-14-12-10-8-6-4-2/h40,43H,3-39H2,1-2H3/t40-/m0/s1. The van der Waals surface area contributed by atoms with Crippen LogP contribution in [0.25, 0.3) is 0 Å². The van der Waals surface area contributed by atoms with Gasteiger partial charge >= 0.3 is 11.9 Å². The van der Waals surface area contributed by atoms with Crippen LogP contribution >= 0.6 is 0 Å². The molecule has 280 valence electrons. The predicted octanol–water partition coefficient (Wildman–Crippen LogP) is 13.1. The third-order valence-electron chi connectivity index (χ3n) is 9.65. The second-order valence-corrected chi connectivity index (χ2v) is 14.4. The average Bonchev–Trinajstić information content (AvgIpc) is 3.07. The van der Waals surface area contributed by atoms with Crippen LogP contribution in [0, 0.1) is 0 Å². The Balaban J connectivity index is 3.42. The number of rotatable bonds is 39. The lowest BCUT2D eigenvalue weighted by Crippen LogP contribution is -2.28. The Hall–Kier alpha value is -1.10. The van der Waals surface area contributed by atoms with Gasteiger partial charge in [-0.2, -0.15) is 0 Å². The number of esters is 2. The molecule has 0 unspecified atom stereocenters. The number of hydrogen-bond acceptors (Lipinski definition) is 5. The largest absolute Gasteiger partial charge is 0.462 e. The second-order valence-electron chi connectivity index (χ2n) is 14.4. The Morgan fingerprint density at radius 3 is 0.936 bits per heavy atom. The number of carbonyl (C=O) groups is 2. The minimum atomic E-state index is -0.760. The van der Waals surface area contributed by atoms with E-state index in [0.29, 0.717) is 12.8 Å². The smallest absolute Gasteiger partial charge is 0.306 e. The van der Waals surface area contributed by atoms with Crippen LogP contribution in [0.5, 0.6) is 0 Å². The summed E-state index contributed by atoms with van der Waals surface area (Å²) in [7, 11) is 0. The van der Waals surface area contributed by atoms with Crippen molar-refractivity contribution >= 4 is 11.9 Å². The first-order valence-corrected chi connectivity index (χ1v) is 21.1. The average molecular weight is 667 g/mol. The van der Waals surface area contributed by atoms with Crippen molar-refractivity contribution in [3.05, 3.63) is 0 Å². The van der Waals surface area contributed by atoms with Gasteiger partial charge in [-0.25, -0.2) is 0 Å². The second kappa shape index (κ2) is 39.3. The van der Waals surface area contributed by atoms with Crippen molar-refractivity contribution in [2.75, 3.05) is 13.2 Å². The highest BCUT2D eigenvalue weighted by Crippen LogP contribution is 2.16. The van der Waals surface area contributed by atoms with Gasteiger partial charge in [0.1, 0.15) is 6.61 Å². The zero-order chi connectivity index (χ0) is 34.3. The van der Waals surface area contributed by atoms with Crippen LogP contribution in [0.2, 0.25) is 0 Å². The van der Waals surface area contributed by atoms with Crippen molar-refractivity contribution in [3.63, 3.8) is 0 Å². The molecule has 5 heteroatoms. The summed E-state index contributed by atoms with van der Waals surface area (Å²) >= 11 is 0. The SMILES string of the molecule is CCCCCCCCCCCCCCCCCCCCCCCCCC(=O)O[C@@H](CO)COC(=O)CCCCCCCCCCCC. The van der Waals surface area contributed by atoms with Gasteiger partial charge in [-0.05, 0) is 12.8 Å². The molecule has 0 radical (unpaired) electrons. The van der Waals surface area contributed by atoms with Gasteiger partial charge in [0.05, 0.1) is 6.61 Å². The number of aliphatic hydroxyl groups is 1. The van der Waals surface area contributed by atoms with Gasteiger partial charge < -0.3 is 14.6 Å². The van der Waals surface area contributed by atoms with E-state index >= 15 is 0 Å². The van der Waals surface area contributed by atoms with Gasteiger partial charge in [-0.15, -0.1) is 0 Å². The monoisotopic (exact) mass is 667 g/mol. The van der Waals surface area contributed by atoms with E-state index in [4.69, 9.17) is 9.47 Å². The van der Waals surface area contributed by atoms with Crippen molar-refractivity contribution in [3.8, 4) is 0 Å². The number of carbonyl (C=O) groups excluding carboxylic acids is 2. The molecule has 0 rings (SSSR count). The molecule has 0 aliphatic rings. The highest BCUT2D eigenvalue weighted by Gasteiger charge is 2.16. The number of unbranched alkanes of at least 4 members (excludes halogenated alkanes) is 31. The maximum Gasteiger partial charge on any atom is 0.306 e. The molecule has 0 saturated heterocycles. The third kappa shape index (κ3) is 37.6. The summed E-state index contributed by atoms with van der Waals surface area (Å²) in [4.78, 5) is 24.2. The van der Waals surface area contributed by atoms with Crippen LogP contribution < -0.4 is 0 Å². The van der Waals surface area contributed by atoms with E-state index in [2.05, 4.69) is 13.8 Å². The highest BCUT2D eigenvalue weighted by atomic mass is 16.6. The number of hydrogen-bond donors (Lipinski definition) is 1. The van der Waals surface area contributed by atoms with E-state index in [1.54, 1.807) is 0 Å². The first-order chi connectivity index (χ1) is 23.1. The maximum atomic E-state index is 12.2. The molecule has 0 fully saturated rings. The summed E-state index contributed by atoms with van der Waals surface area (Å²) in [5, 5.41) is 9.54. The Kier molecular flexibility index (Phi) is 38.4. The molecule has 5 nitrogen and oxygen atoms in total. The Labute approximate surface area is 293 Å². The van der Waals surface area contributed by atoms with E-state index < -0.39 is 6.10 Å². The van der Waals surface area contributed by atoms with Crippen LogP contribution in [0.15, 0.2) is 0 Å². The molecule has 1 N–H and O–H groups in total. The fraction of sp³-hybridized carbons (Fsp3) is 0.952. The molecular weight excluding hydrogens is 584 g/mol. The fourth-order valence-electron chi connectivity index (χ4n) is 6.44. The van der Waals surface area contributed by atoms with Crippen molar-refractivity contribution in [2.24, 2.45) is 0 Å². The molecule has 0 aliphatic carbocycles. The number of aliphatic hydroxyl groups excluding tert-OH is 1. The zero-order valence-corrected chi connectivity index (χ0v) is 31.8. The topological polar surface area (TPSA) is 72.8 Å². The van der Waals surface area contributed by atoms with Crippen molar-refractivity contribution in [1.82, 2.24) is 0 Å². The Bertz CT molecular complexity index is 637. The van der Waals surface area contributed by atoms with Gasteiger partial charge in [-0.3, -0.25) is 9.59 Å². The molecule has 47 heavy (non-hydrogen) atoms. The van der Waals surface area contributed by atoms with Gasteiger partial charge in [0.15, 0.2) is 6.10 Å². The normalized spacial score (nSPS) is 12.0. The first-order valence-electron chi connectivity index (χ1n) is 21.1. The first kappa shape index (κ1) is 45.9. The van der Waals surface area contributed by atoms with E-state index in [1.807, 2.05) is 0 Å². The van der Waals surface area contributed by atoms with Gasteiger partial charge in [0.25, 0.3) is 0 Å². The molecule has 0 spiro atoms. The van der Waals surface area contributed by atoms with E-state index in [9.17, 15) is 14.7 Å². The predicted molar refractivity (Wildman–Crippen MR) is 201 cm³/mol. The fourth-order valence-corrected chi connectivity index (χ4v) is 6.44. The molecule has 1 atom stereocenters. The van der Waals surface area contributed by atoms with E-state index in [0.717, 1.165) is 38.5 Å². The lowest BCUT2D eigenvalue weighted by Gasteiger charge is -2.15.